The van der Waals surface area contributed by atoms with E-state index in [2.05, 4.69) is 0 Å². The van der Waals surface area contributed by atoms with Crippen molar-refractivity contribution in [1.29, 1.82) is 0 Å². The van der Waals surface area contributed by atoms with E-state index in [-0.39, 0.29) is 5.75 Å². The molecule has 0 unspecified atom stereocenters. The number of ether oxygens (including phenoxy) is 2. The van der Waals surface area contributed by atoms with Gasteiger partial charge in [-0.2, -0.15) is 0 Å². The Bertz CT molecular complexity index is 540. The molecule has 2 aromatic rings. The number of benzene rings is 2. The van der Waals surface area contributed by atoms with Gasteiger partial charge in [0.15, 0.2) is 0 Å². The highest BCUT2D eigenvalue weighted by molar-refractivity contribution is 6.30. The molecule has 0 radical (unpaired) electrons. The average molecular weight is 265 g/mol. The fourth-order valence-corrected chi connectivity index (χ4v) is 1.79. The summed E-state index contributed by atoms with van der Waals surface area (Å²) in [7, 11) is 1.60. The molecule has 0 aliphatic heterocycles. The standard InChI is InChI=1S/C14H13ClO3/c1-17-14-6-5-11(15)7-10(14)9-18-13-4-2-3-12(16)8-13/h2-8,16H,9H2,1H3. The van der Waals surface area contributed by atoms with Crippen LogP contribution in [0.5, 0.6) is 17.2 Å². The minimum Gasteiger partial charge on any atom is -0.508 e. The van der Waals surface area contributed by atoms with Gasteiger partial charge in [0, 0.05) is 16.7 Å². The zero-order valence-corrected chi connectivity index (χ0v) is 10.6. The Morgan fingerprint density at radius 1 is 1.17 bits per heavy atom. The average Bonchev–Trinajstić information content (AvgIpc) is 2.37. The fourth-order valence-electron chi connectivity index (χ4n) is 1.59. The largest absolute Gasteiger partial charge is 0.508 e. The number of phenolic OH excluding ortho intramolecular Hbond substituents is 1. The molecule has 0 bridgehead atoms. The van der Waals surface area contributed by atoms with Crippen molar-refractivity contribution >= 4 is 11.6 Å². The maximum atomic E-state index is 9.33. The van der Waals surface area contributed by atoms with E-state index in [1.54, 1.807) is 49.6 Å². The highest BCUT2D eigenvalue weighted by atomic mass is 35.5. The highest BCUT2D eigenvalue weighted by Gasteiger charge is 2.05. The summed E-state index contributed by atoms with van der Waals surface area (Å²) in [6.45, 7) is 0.327. The lowest BCUT2D eigenvalue weighted by Gasteiger charge is -2.10. The van der Waals surface area contributed by atoms with Crippen LogP contribution in [0.3, 0.4) is 0 Å². The molecule has 0 amide bonds. The van der Waals surface area contributed by atoms with Crippen molar-refractivity contribution in [1.82, 2.24) is 0 Å². The van der Waals surface area contributed by atoms with Crippen molar-refractivity contribution in [3.8, 4) is 17.2 Å². The molecule has 0 fully saturated rings. The second kappa shape index (κ2) is 5.65. The molecule has 0 atom stereocenters. The lowest BCUT2D eigenvalue weighted by atomic mass is 10.2. The van der Waals surface area contributed by atoms with E-state index in [1.807, 2.05) is 0 Å². The van der Waals surface area contributed by atoms with Crippen molar-refractivity contribution < 1.29 is 14.6 Å². The quantitative estimate of drug-likeness (QED) is 0.916. The highest BCUT2D eigenvalue weighted by Crippen LogP contribution is 2.25. The molecular formula is C14H13ClO3. The van der Waals surface area contributed by atoms with E-state index in [0.29, 0.717) is 17.4 Å². The van der Waals surface area contributed by atoms with Gasteiger partial charge in [-0.05, 0) is 30.3 Å². The molecule has 18 heavy (non-hydrogen) atoms. The lowest BCUT2D eigenvalue weighted by Crippen LogP contribution is -1.98. The van der Waals surface area contributed by atoms with E-state index in [4.69, 9.17) is 21.1 Å². The zero-order valence-electron chi connectivity index (χ0n) is 9.89. The molecular weight excluding hydrogens is 252 g/mol. The van der Waals surface area contributed by atoms with Gasteiger partial charge in [0.25, 0.3) is 0 Å². The van der Waals surface area contributed by atoms with Gasteiger partial charge < -0.3 is 14.6 Å². The van der Waals surface area contributed by atoms with Gasteiger partial charge in [-0.3, -0.25) is 0 Å². The van der Waals surface area contributed by atoms with Crippen molar-refractivity contribution in [2.24, 2.45) is 0 Å². The second-order valence-corrected chi connectivity index (χ2v) is 4.18. The zero-order chi connectivity index (χ0) is 13.0. The monoisotopic (exact) mass is 264 g/mol. The predicted molar refractivity (Wildman–Crippen MR) is 70.4 cm³/mol. The van der Waals surface area contributed by atoms with Crippen molar-refractivity contribution in [2.75, 3.05) is 7.11 Å². The number of hydrogen-bond acceptors (Lipinski definition) is 3. The molecule has 0 aromatic heterocycles. The molecule has 4 heteroatoms. The van der Waals surface area contributed by atoms with E-state index in [1.165, 1.54) is 0 Å². The third-order valence-electron chi connectivity index (χ3n) is 2.45. The Morgan fingerprint density at radius 2 is 2.00 bits per heavy atom. The minimum atomic E-state index is 0.172. The topological polar surface area (TPSA) is 38.7 Å². The van der Waals surface area contributed by atoms with Gasteiger partial charge in [0.2, 0.25) is 0 Å². The first-order valence-corrected chi connectivity index (χ1v) is 5.81. The van der Waals surface area contributed by atoms with E-state index >= 15 is 0 Å². The Morgan fingerprint density at radius 3 is 2.72 bits per heavy atom. The van der Waals surface area contributed by atoms with Crippen LogP contribution in [0.1, 0.15) is 5.56 Å². The van der Waals surface area contributed by atoms with Crippen molar-refractivity contribution in [3.63, 3.8) is 0 Å². The number of aromatic hydroxyl groups is 1. The van der Waals surface area contributed by atoms with E-state index in [0.717, 1.165) is 11.3 Å². The summed E-state index contributed by atoms with van der Waals surface area (Å²) >= 11 is 5.93. The van der Waals surface area contributed by atoms with Gasteiger partial charge in [-0.1, -0.05) is 17.7 Å². The number of rotatable bonds is 4. The van der Waals surface area contributed by atoms with Crippen LogP contribution >= 0.6 is 11.6 Å². The van der Waals surface area contributed by atoms with Crippen LogP contribution in [0.2, 0.25) is 5.02 Å². The molecule has 0 aliphatic carbocycles. The van der Waals surface area contributed by atoms with Gasteiger partial charge >= 0.3 is 0 Å². The number of phenols is 1. The lowest BCUT2D eigenvalue weighted by molar-refractivity contribution is 0.295. The van der Waals surface area contributed by atoms with Gasteiger partial charge in [0.05, 0.1) is 7.11 Å². The summed E-state index contributed by atoms with van der Waals surface area (Å²) in [4.78, 5) is 0. The molecule has 1 N–H and O–H groups in total. The summed E-state index contributed by atoms with van der Waals surface area (Å²) in [5.41, 5.74) is 0.855. The van der Waals surface area contributed by atoms with Crippen LogP contribution < -0.4 is 9.47 Å². The van der Waals surface area contributed by atoms with E-state index < -0.39 is 0 Å². The van der Waals surface area contributed by atoms with Crippen LogP contribution in [0.15, 0.2) is 42.5 Å². The number of hydrogen-bond donors (Lipinski definition) is 1. The first kappa shape index (κ1) is 12.6. The predicted octanol–water partition coefficient (Wildman–Crippen LogP) is 3.63. The number of halogens is 1. The third kappa shape index (κ3) is 3.08. The van der Waals surface area contributed by atoms with Gasteiger partial charge in [-0.15, -0.1) is 0 Å². The van der Waals surface area contributed by atoms with Crippen molar-refractivity contribution in [3.05, 3.63) is 53.1 Å². The van der Waals surface area contributed by atoms with Crippen LogP contribution in [0.4, 0.5) is 0 Å². The fraction of sp³-hybridized carbons (Fsp3) is 0.143. The van der Waals surface area contributed by atoms with Crippen molar-refractivity contribution in [2.45, 2.75) is 6.61 Å². The summed E-state index contributed by atoms with van der Waals surface area (Å²) < 4.78 is 10.8. The maximum Gasteiger partial charge on any atom is 0.125 e. The first-order chi connectivity index (χ1) is 8.69. The van der Waals surface area contributed by atoms with Gasteiger partial charge in [-0.25, -0.2) is 0 Å². The van der Waals surface area contributed by atoms with Crippen LogP contribution in [0.25, 0.3) is 0 Å². The minimum absolute atomic E-state index is 0.172. The van der Waals surface area contributed by atoms with Crippen LogP contribution in [-0.2, 0) is 6.61 Å². The molecule has 0 heterocycles. The second-order valence-electron chi connectivity index (χ2n) is 3.74. The van der Waals surface area contributed by atoms with Crippen LogP contribution in [-0.4, -0.2) is 12.2 Å². The molecule has 0 spiro atoms. The Kier molecular flexibility index (Phi) is 3.95. The maximum absolute atomic E-state index is 9.33. The SMILES string of the molecule is COc1ccc(Cl)cc1COc1cccc(O)c1. The molecule has 2 rings (SSSR count). The molecule has 3 nitrogen and oxygen atoms in total. The third-order valence-corrected chi connectivity index (χ3v) is 2.69. The Hall–Kier alpha value is -1.87. The molecule has 2 aromatic carbocycles. The molecule has 94 valence electrons. The molecule has 0 saturated carbocycles. The first-order valence-electron chi connectivity index (χ1n) is 5.43. The summed E-state index contributed by atoms with van der Waals surface area (Å²) in [5, 5.41) is 9.96. The Balaban J connectivity index is 2.12. The van der Waals surface area contributed by atoms with Gasteiger partial charge in [0.1, 0.15) is 23.9 Å². The van der Waals surface area contributed by atoms with Crippen LogP contribution in [0, 0.1) is 0 Å². The summed E-state index contributed by atoms with van der Waals surface area (Å²) in [6.07, 6.45) is 0. The Labute approximate surface area is 111 Å². The van der Waals surface area contributed by atoms with E-state index in [9.17, 15) is 5.11 Å². The molecule has 0 aliphatic rings. The normalized spacial score (nSPS) is 10.1. The summed E-state index contributed by atoms with van der Waals surface area (Å²) in [5.74, 6) is 1.49. The smallest absolute Gasteiger partial charge is 0.125 e. The molecule has 0 saturated heterocycles. The summed E-state index contributed by atoms with van der Waals surface area (Å²) in [6, 6.07) is 12.0. The number of methoxy groups -OCH3 is 1.